The molecule has 0 aliphatic heterocycles. The predicted octanol–water partition coefficient (Wildman–Crippen LogP) is 4.10. The Labute approximate surface area is 217 Å². The number of amides is 2. The van der Waals surface area contributed by atoms with Crippen molar-refractivity contribution in [2.45, 2.75) is 45.8 Å². The minimum Gasteiger partial charge on any atom is -0.495 e. The lowest BCUT2D eigenvalue weighted by atomic mass is 10.1. The molecule has 0 heterocycles. The molecule has 0 spiro atoms. The van der Waals surface area contributed by atoms with Crippen LogP contribution < -0.4 is 14.4 Å². The second kappa shape index (κ2) is 12.5. The summed E-state index contributed by atoms with van der Waals surface area (Å²) < 4.78 is 31.4. The third kappa shape index (κ3) is 7.75. The van der Waals surface area contributed by atoms with Crippen LogP contribution in [0.5, 0.6) is 5.75 Å². The molecule has 0 aliphatic carbocycles. The Morgan fingerprint density at radius 1 is 1.09 bits per heavy atom. The summed E-state index contributed by atoms with van der Waals surface area (Å²) in [4.78, 5) is 28.0. The standard InChI is InChI=1S/C24H31Cl2N3O5S/c1-6-21(24(31)27-16(2)3)28(14-17-9-7-8-10-19(17)25)23(30)15-29(35(5,32)33)18-11-12-22(34-4)20(26)13-18/h7-13,16,21H,6,14-15H2,1-5H3,(H,27,31)/t21-/m1/s1. The quantitative estimate of drug-likeness (QED) is 0.460. The van der Waals surface area contributed by atoms with Crippen molar-refractivity contribution < 1.29 is 22.7 Å². The van der Waals surface area contributed by atoms with Gasteiger partial charge in [0.1, 0.15) is 18.3 Å². The van der Waals surface area contributed by atoms with Crippen LogP contribution in [0.3, 0.4) is 0 Å². The minimum atomic E-state index is -3.88. The van der Waals surface area contributed by atoms with Gasteiger partial charge < -0.3 is 15.0 Å². The summed E-state index contributed by atoms with van der Waals surface area (Å²) in [6, 6.07) is 10.5. The van der Waals surface area contributed by atoms with Crippen LogP contribution in [0.4, 0.5) is 5.69 Å². The number of carbonyl (C=O) groups is 2. The molecule has 0 fully saturated rings. The summed E-state index contributed by atoms with van der Waals surface area (Å²) in [5, 5.41) is 3.47. The fourth-order valence-corrected chi connectivity index (χ4v) is 4.82. The van der Waals surface area contributed by atoms with Crippen molar-refractivity contribution in [2.75, 3.05) is 24.2 Å². The molecule has 0 radical (unpaired) electrons. The first-order chi connectivity index (χ1) is 16.4. The van der Waals surface area contributed by atoms with Crippen LogP contribution in [0.2, 0.25) is 10.0 Å². The van der Waals surface area contributed by atoms with Gasteiger partial charge in [0, 0.05) is 17.6 Å². The second-order valence-corrected chi connectivity index (χ2v) is 11.0. The minimum absolute atomic E-state index is 0.0312. The first-order valence-corrected chi connectivity index (χ1v) is 13.6. The van der Waals surface area contributed by atoms with Crippen molar-refractivity contribution in [3.8, 4) is 5.75 Å². The van der Waals surface area contributed by atoms with Gasteiger partial charge in [-0.3, -0.25) is 13.9 Å². The zero-order valence-electron chi connectivity index (χ0n) is 20.4. The van der Waals surface area contributed by atoms with Crippen molar-refractivity contribution in [3.05, 3.63) is 58.1 Å². The number of nitrogens with one attached hydrogen (secondary N) is 1. The van der Waals surface area contributed by atoms with E-state index in [1.807, 2.05) is 13.8 Å². The number of hydrogen-bond acceptors (Lipinski definition) is 5. The molecule has 35 heavy (non-hydrogen) atoms. The Balaban J connectivity index is 2.48. The number of anilines is 1. The second-order valence-electron chi connectivity index (χ2n) is 8.29. The van der Waals surface area contributed by atoms with Gasteiger partial charge in [0.05, 0.1) is 24.1 Å². The monoisotopic (exact) mass is 543 g/mol. The lowest BCUT2D eigenvalue weighted by molar-refractivity contribution is -0.140. The van der Waals surface area contributed by atoms with E-state index in [0.717, 1.165) is 10.6 Å². The molecule has 0 aliphatic rings. The maximum Gasteiger partial charge on any atom is 0.244 e. The van der Waals surface area contributed by atoms with Crippen molar-refractivity contribution >= 4 is 50.7 Å². The third-order valence-electron chi connectivity index (χ3n) is 5.22. The lowest BCUT2D eigenvalue weighted by Gasteiger charge is -2.33. The Bertz CT molecular complexity index is 1160. The van der Waals surface area contributed by atoms with E-state index in [-0.39, 0.29) is 29.2 Å². The molecule has 2 aromatic carbocycles. The molecule has 1 atom stereocenters. The first-order valence-electron chi connectivity index (χ1n) is 11.0. The Morgan fingerprint density at radius 2 is 1.74 bits per heavy atom. The SMILES string of the molecule is CC[C@H](C(=O)NC(C)C)N(Cc1ccccc1Cl)C(=O)CN(c1ccc(OC)c(Cl)c1)S(C)(=O)=O. The number of halogens is 2. The molecule has 11 heteroatoms. The topological polar surface area (TPSA) is 96.0 Å². The van der Waals surface area contributed by atoms with Gasteiger partial charge in [0.15, 0.2) is 0 Å². The van der Waals surface area contributed by atoms with Crippen LogP contribution in [0.15, 0.2) is 42.5 Å². The van der Waals surface area contributed by atoms with E-state index in [4.69, 9.17) is 27.9 Å². The highest BCUT2D eigenvalue weighted by Gasteiger charge is 2.32. The maximum absolute atomic E-state index is 13.6. The average Bonchev–Trinajstić information content (AvgIpc) is 2.77. The number of hydrogen-bond donors (Lipinski definition) is 1. The summed E-state index contributed by atoms with van der Waals surface area (Å²) in [7, 11) is -2.43. The normalized spacial score (nSPS) is 12.2. The van der Waals surface area contributed by atoms with E-state index in [1.165, 1.54) is 30.2 Å². The van der Waals surface area contributed by atoms with Gasteiger partial charge in [0.2, 0.25) is 21.8 Å². The molecule has 0 saturated carbocycles. The van der Waals surface area contributed by atoms with Crippen molar-refractivity contribution in [3.63, 3.8) is 0 Å². The zero-order valence-corrected chi connectivity index (χ0v) is 22.7. The molecule has 1 N–H and O–H groups in total. The van der Waals surface area contributed by atoms with Gasteiger partial charge in [-0.2, -0.15) is 0 Å². The van der Waals surface area contributed by atoms with Crippen LogP contribution in [0.1, 0.15) is 32.8 Å². The molecular formula is C24H31Cl2N3O5S. The Hall–Kier alpha value is -2.49. The average molecular weight is 545 g/mol. The number of ether oxygens (including phenoxy) is 1. The molecule has 0 bridgehead atoms. The zero-order chi connectivity index (χ0) is 26.3. The van der Waals surface area contributed by atoms with E-state index in [2.05, 4.69) is 5.32 Å². The molecule has 0 saturated heterocycles. The number of sulfonamides is 1. The van der Waals surface area contributed by atoms with Crippen molar-refractivity contribution in [1.29, 1.82) is 0 Å². The molecular weight excluding hydrogens is 513 g/mol. The predicted molar refractivity (Wildman–Crippen MR) is 140 cm³/mol. The van der Waals surface area contributed by atoms with Crippen LogP contribution in [-0.4, -0.2) is 57.1 Å². The molecule has 8 nitrogen and oxygen atoms in total. The van der Waals surface area contributed by atoms with Gasteiger partial charge in [-0.15, -0.1) is 0 Å². The highest BCUT2D eigenvalue weighted by Crippen LogP contribution is 2.30. The van der Waals surface area contributed by atoms with Crippen LogP contribution in [0.25, 0.3) is 0 Å². The number of carbonyl (C=O) groups excluding carboxylic acids is 2. The fraction of sp³-hybridized carbons (Fsp3) is 0.417. The molecule has 0 aromatic heterocycles. The number of rotatable bonds is 11. The van der Waals surface area contributed by atoms with Crippen molar-refractivity contribution in [1.82, 2.24) is 10.2 Å². The summed E-state index contributed by atoms with van der Waals surface area (Å²) in [6.07, 6.45) is 1.32. The Kier molecular flexibility index (Phi) is 10.2. The Morgan fingerprint density at radius 3 is 2.26 bits per heavy atom. The van der Waals surface area contributed by atoms with Gasteiger partial charge in [-0.05, 0) is 50.1 Å². The molecule has 2 rings (SSSR count). The fourth-order valence-electron chi connectivity index (χ4n) is 3.53. The molecule has 2 aromatic rings. The molecule has 2 amide bonds. The number of methoxy groups -OCH3 is 1. The van der Waals surface area contributed by atoms with Crippen molar-refractivity contribution in [2.24, 2.45) is 0 Å². The number of nitrogens with zero attached hydrogens (tertiary/aromatic N) is 2. The van der Waals surface area contributed by atoms with Crippen LogP contribution >= 0.6 is 23.2 Å². The van der Waals surface area contributed by atoms with E-state index < -0.39 is 28.5 Å². The maximum atomic E-state index is 13.6. The van der Waals surface area contributed by atoms with Crippen LogP contribution in [-0.2, 0) is 26.2 Å². The molecule has 0 unspecified atom stereocenters. The van der Waals surface area contributed by atoms with E-state index in [9.17, 15) is 18.0 Å². The third-order valence-corrected chi connectivity index (χ3v) is 7.02. The van der Waals surface area contributed by atoms with Gasteiger partial charge in [-0.25, -0.2) is 8.42 Å². The van der Waals surface area contributed by atoms with Gasteiger partial charge in [-0.1, -0.05) is 48.3 Å². The summed E-state index contributed by atoms with van der Waals surface area (Å²) in [5.74, 6) is -0.527. The summed E-state index contributed by atoms with van der Waals surface area (Å²) in [5.41, 5.74) is 0.834. The van der Waals surface area contributed by atoms with Gasteiger partial charge >= 0.3 is 0 Å². The highest BCUT2D eigenvalue weighted by atomic mass is 35.5. The van der Waals surface area contributed by atoms with Gasteiger partial charge in [0.25, 0.3) is 0 Å². The number of benzene rings is 2. The lowest BCUT2D eigenvalue weighted by Crippen LogP contribution is -2.53. The van der Waals surface area contributed by atoms with Crippen LogP contribution in [0, 0.1) is 0 Å². The highest BCUT2D eigenvalue weighted by molar-refractivity contribution is 7.92. The largest absolute Gasteiger partial charge is 0.495 e. The van der Waals surface area contributed by atoms with E-state index in [0.29, 0.717) is 22.8 Å². The molecule has 192 valence electrons. The first kappa shape index (κ1) is 28.7. The summed E-state index contributed by atoms with van der Waals surface area (Å²) in [6.45, 7) is 4.93. The van der Waals surface area contributed by atoms with E-state index >= 15 is 0 Å². The smallest absolute Gasteiger partial charge is 0.244 e. The summed E-state index contributed by atoms with van der Waals surface area (Å²) >= 11 is 12.5. The van der Waals surface area contributed by atoms with E-state index in [1.54, 1.807) is 31.2 Å².